The van der Waals surface area contributed by atoms with Gasteiger partial charge in [-0.1, -0.05) is 0 Å². The molecule has 86 valence electrons. The van der Waals surface area contributed by atoms with Crippen LogP contribution in [0.1, 0.15) is 10.4 Å². The van der Waals surface area contributed by atoms with Gasteiger partial charge in [0.15, 0.2) is 6.29 Å². The Morgan fingerprint density at radius 1 is 1.44 bits per heavy atom. The lowest BCUT2D eigenvalue weighted by molar-refractivity contribution is -0.385. The minimum Gasteiger partial charge on any atom is -0.298 e. The first-order chi connectivity index (χ1) is 7.27. The lowest BCUT2D eigenvalue weighted by Gasteiger charge is -2.01. The van der Waals surface area contributed by atoms with Crippen molar-refractivity contribution >= 4 is 31.7 Å². The molecule has 0 fully saturated rings. The number of nitro benzene ring substituents is 1. The maximum atomic E-state index is 12.9. The van der Waals surface area contributed by atoms with Crippen LogP contribution in [0.5, 0.6) is 0 Å². The third-order valence-corrected chi connectivity index (χ3v) is 3.02. The SMILES string of the molecule is O=Cc1c([N+](=O)[O-])cc(F)cc1S(=O)(=O)Cl. The normalized spacial score (nSPS) is 11.1. The summed E-state index contributed by atoms with van der Waals surface area (Å²) in [6.07, 6.45) is -0.0627. The fourth-order valence-corrected chi connectivity index (χ4v) is 2.10. The Kier molecular flexibility index (Phi) is 3.24. The highest BCUT2D eigenvalue weighted by atomic mass is 35.7. The summed E-state index contributed by atoms with van der Waals surface area (Å²) in [6, 6.07) is 0.883. The molecule has 9 heteroatoms. The van der Waals surface area contributed by atoms with E-state index < -0.39 is 35.9 Å². The molecule has 16 heavy (non-hydrogen) atoms. The summed E-state index contributed by atoms with van der Waals surface area (Å²) in [4.78, 5) is 19.0. The first kappa shape index (κ1) is 12.5. The number of nitrogens with zero attached hydrogens (tertiary/aromatic N) is 1. The first-order valence-electron chi connectivity index (χ1n) is 3.65. The van der Waals surface area contributed by atoms with E-state index in [1.54, 1.807) is 0 Å². The molecule has 0 saturated heterocycles. The third-order valence-electron chi connectivity index (χ3n) is 1.66. The summed E-state index contributed by atoms with van der Waals surface area (Å²) >= 11 is 0. The summed E-state index contributed by atoms with van der Waals surface area (Å²) in [5, 5.41) is 10.5. The number of benzene rings is 1. The van der Waals surface area contributed by atoms with Crippen molar-refractivity contribution in [3.63, 3.8) is 0 Å². The fraction of sp³-hybridized carbons (Fsp3) is 0. The quantitative estimate of drug-likeness (QED) is 0.358. The van der Waals surface area contributed by atoms with Gasteiger partial charge in [-0.3, -0.25) is 14.9 Å². The summed E-state index contributed by atoms with van der Waals surface area (Å²) in [6.45, 7) is 0. The molecule has 0 aromatic heterocycles. The van der Waals surface area contributed by atoms with E-state index in [2.05, 4.69) is 0 Å². The molecule has 1 rings (SSSR count). The second-order valence-electron chi connectivity index (χ2n) is 2.65. The number of hydrogen-bond acceptors (Lipinski definition) is 5. The third kappa shape index (κ3) is 2.34. The van der Waals surface area contributed by atoms with Gasteiger partial charge in [-0.2, -0.15) is 0 Å². The molecular weight excluding hydrogens is 265 g/mol. The molecule has 0 bridgehead atoms. The Balaban J connectivity index is 3.75. The molecule has 1 aromatic carbocycles. The summed E-state index contributed by atoms with van der Waals surface area (Å²) in [5.41, 5.74) is -1.73. The van der Waals surface area contributed by atoms with E-state index in [9.17, 15) is 27.7 Å². The van der Waals surface area contributed by atoms with Crippen LogP contribution in [0.2, 0.25) is 0 Å². The minimum absolute atomic E-state index is 0.0627. The molecule has 6 nitrogen and oxygen atoms in total. The molecule has 0 N–H and O–H groups in total. The van der Waals surface area contributed by atoms with Crippen LogP contribution in [0.4, 0.5) is 10.1 Å². The van der Waals surface area contributed by atoms with E-state index in [0.29, 0.717) is 12.1 Å². The molecule has 0 aliphatic rings. The Morgan fingerprint density at radius 3 is 2.38 bits per heavy atom. The lowest BCUT2D eigenvalue weighted by atomic mass is 10.2. The number of hydrogen-bond donors (Lipinski definition) is 0. The van der Waals surface area contributed by atoms with Crippen molar-refractivity contribution in [2.24, 2.45) is 0 Å². The number of carbonyl (C=O) groups excluding carboxylic acids is 1. The van der Waals surface area contributed by atoms with Crippen molar-refractivity contribution in [3.05, 3.63) is 33.6 Å². The zero-order chi connectivity index (χ0) is 12.5. The highest BCUT2D eigenvalue weighted by molar-refractivity contribution is 8.13. The van der Waals surface area contributed by atoms with E-state index in [4.69, 9.17) is 10.7 Å². The van der Waals surface area contributed by atoms with E-state index in [0.717, 1.165) is 0 Å². The van der Waals surface area contributed by atoms with Gasteiger partial charge in [0.05, 0.1) is 11.0 Å². The Morgan fingerprint density at radius 2 is 2.00 bits per heavy atom. The van der Waals surface area contributed by atoms with Crippen LogP contribution >= 0.6 is 10.7 Å². The number of nitro groups is 1. The molecular formula is C7H3ClFNO5S. The molecule has 0 radical (unpaired) electrons. The molecule has 0 saturated carbocycles. The number of halogens is 2. The molecule has 0 aliphatic heterocycles. The van der Waals surface area contributed by atoms with Gasteiger partial charge in [-0.25, -0.2) is 12.8 Å². The molecule has 0 spiro atoms. The highest BCUT2D eigenvalue weighted by Crippen LogP contribution is 2.28. The summed E-state index contributed by atoms with van der Waals surface area (Å²) < 4.78 is 34.8. The summed E-state index contributed by atoms with van der Waals surface area (Å²) in [5.74, 6) is -1.17. The van der Waals surface area contributed by atoms with Gasteiger partial charge in [0, 0.05) is 10.7 Å². The van der Waals surface area contributed by atoms with Crippen LogP contribution in [-0.2, 0) is 9.05 Å². The van der Waals surface area contributed by atoms with Gasteiger partial charge in [0.25, 0.3) is 14.7 Å². The molecule has 0 amide bonds. The molecule has 0 unspecified atom stereocenters. The number of carbonyl (C=O) groups is 1. The van der Waals surface area contributed by atoms with Crippen molar-refractivity contribution < 1.29 is 22.5 Å². The maximum Gasteiger partial charge on any atom is 0.284 e. The van der Waals surface area contributed by atoms with Gasteiger partial charge in [0.2, 0.25) is 0 Å². The van der Waals surface area contributed by atoms with Crippen molar-refractivity contribution in [2.75, 3.05) is 0 Å². The molecule has 1 aromatic rings. The monoisotopic (exact) mass is 267 g/mol. The number of rotatable bonds is 3. The maximum absolute atomic E-state index is 12.9. The molecule has 0 aliphatic carbocycles. The smallest absolute Gasteiger partial charge is 0.284 e. The second-order valence-corrected chi connectivity index (χ2v) is 5.18. The minimum atomic E-state index is -4.43. The zero-order valence-electron chi connectivity index (χ0n) is 7.38. The Bertz CT molecular complexity index is 570. The fourth-order valence-electron chi connectivity index (χ4n) is 1.05. The number of aldehydes is 1. The van der Waals surface area contributed by atoms with Gasteiger partial charge in [-0.05, 0) is 6.07 Å². The Labute approximate surface area is 93.2 Å². The van der Waals surface area contributed by atoms with Crippen LogP contribution in [0.3, 0.4) is 0 Å². The summed E-state index contributed by atoms with van der Waals surface area (Å²) in [7, 11) is 0.488. The van der Waals surface area contributed by atoms with Crippen LogP contribution in [0, 0.1) is 15.9 Å². The first-order valence-corrected chi connectivity index (χ1v) is 5.96. The lowest BCUT2D eigenvalue weighted by Crippen LogP contribution is -2.03. The molecule has 0 heterocycles. The van der Waals surface area contributed by atoms with E-state index in [1.807, 2.05) is 0 Å². The van der Waals surface area contributed by atoms with E-state index >= 15 is 0 Å². The van der Waals surface area contributed by atoms with Crippen molar-refractivity contribution in [1.82, 2.24) is 0 Å². The average Bonchev–Trinajstić information content (AvgIpc) is 2.14. The van der Waals surface area contributed by atoms with Crippen molar-refractivity contribution in [2.45, 2.75) is 4.90 Å². The van der Waals surface area contributed by atoms with Gasteiger partial charge in [0.1, 0.15) is 16.3 Å². The topological polar surface area (TPSA) is 94.3 Å². The Hall–Kier alpha value is -1.54. The van der Waals surface area contributed by atoms with E-state index in [1.165, 1.54) is 0 Å². The second kappa shape index (κ2) is 4.14. The van der Waals surface area contributed by atoms with Gasteiger partial charge < -0.3 is 0 Å². The zero-order valence-corrected chi connectivity index (χ0v) is 8.96. The molecule has 0 atom stereocenters. The highest BCUT2D eigenvalue weighted by Gasteiger charge is 2.26. The van der Waals surface area contributed by atoms with Gasteiger partial charge >= 0.3 is 0 Å². The standard InChI is InChI=1S/C7H3ClFNO5S/c8-16(14,15)7-2-4(9)1-6(10(12)13)5(7)3-11/h1-3H. The van der Waals surface area contributed by atoms with Crippen LogP contribution in [0.15, 0.2) is 17.0 Å². The van der Waals surface area contributed by atoms with Crippen molar-refractivity contribution in [3.8, 4) is 0 Å². The van der Waals surface area contributed by atoms with E-state index in [-0.39, 0.29) is 6.29 Å². The van der Waals surface area contributed by atoms with Crippen LogP contribution in [0.25, 0.3) is 0 Å². The van der Waals surface area contributed by atoms with Gasteiger partial charge in [-0.15, -0.1) is 0 Å². The predicted molar refractivity (Wildman–Crippen MR) is 51.5 cm³/mol. The largest absolute Gasteiger partial charge is 0.298 e. The average molecular weight is 268 g/mol. The van der Waals surface area contributed by atoms with Crippen LogP contribution in [-0.4, -0.2) is 19.6 Å². The van der Waals surface area contributed by atoms with Crippen molar-refractivity contribution in [1.29, 1.82) is 0 Å². The van der Waals surface area contributed by atoms with Crippen LogP contribution < -0.4 is 0 Å². The predicted octanol–water partition coefficient (Wildman–Crippen LogP) is 1.47.